The van der Waals surface area contributed by atoms with Gasteiger partial charge in [0.25, 0.3) is 0 Å². The fourth-order valence-electron chi connectivity index (χ4n) is 1.87. The largest absolute Gasteiger partial charge is 0.423 e. The van der Waals surface area contributed by atoms with Gasteiger partial charge < -0.3 is 14.5 Å². The second-order valence-corrected chi connectivity index (χ2v) is 6.36. The van der Waals surface area contributed by atoms with Crippen molar-refractivity contribution in [3.8, 4) is 0 Å². The molecule has 2 rings (SSSR count). The summed E-state index contributed by atoms with van der Waals surface area (Å²) in [5, 5.41) is 3.60. The first-order valence-corrected chi connectivity index (χ1v) is 8.24. The zero-order valence-corrected chi connectivity index (χ0v) is 13.0. The molecule has 0 bridgehead atoms. The molecule has 0 radical (unpaired) electrons. The number of hydrogen-bond donors (Lipinski definition) is 2. The van der Waals surface area contributed by atoms with Gasteiger partial charge in [0.1, 0.15) is 5.58 Å². The zero-order valence-electron chi connectivity index (χ0n) is 12.2. The minimum Gasteiger partial charge on any atom is -0.423 e. The van der Waals surface area contributed by atoms with Crippen LogP contribution in [0.15, 0.2) is 44.4 Å². The van der Waals surface area contributed by atoms with Gasteiger partial charge in [-0.1, -0.05) is 0 Å². The summed E-state index contributed by atoms with van der Waals surface area (Å²) < 4.78 is 36.7. The molecule has 1 aromatic heterocycles. The molecule has 0 amide bonds. The van der Waals surface area contributed by atoms with Crippen molar-refractivity contribution in [2.24, 2.45) is 0 Å². The maximum atomic E-state index is 12.2. The monoisotopic (exact) mass is 326 g/mol. The molecule has 22 heavy (non-hydrogen) atoms. The molecule has 0 atom stereocenters. The molecular weight excluding hydrogens is 308 g/mol. The summed E-state index contributed by atoms with van der Waals surface area (Å²) in [5.74, 6) is 0. The van der Waals surface area contributed by atoms with Gasteiger partial charge in [-0.25, -0.2) is 17.9 Å². The van der Waals surface area contributed by atoms with E-state index in [9.17, 15) is 13.2 Å². The van der Waals surface area contributed by atoms with Crippen LogP contribution in [0.3, 0.4) is 0 Å². The van der Waals surface area contributed by atoms with Crippen molar-refractivity contribution < 1.29 is 17.6 Å². The molecule has 0 unspecified atom stereocenters. The predicted octanol–water partition coefficient (Wildman–Crippen LogP) is 0.307. The normalized spacial score (nSPS) is 11.9. The van der Waals surface area contributed by atoms with Gasteiger partial charge in [0, 0.05) is 38.2 Å². The lowest BCUT2D eigenvalue weighted by Crippen LogP contribution is -2.33. The van der Waals surface area contributed by atoms with E-state index in [1.54, 1.807) is 7.11 Å². The molecule has 0 aliphatic carbocycles. The van der Waals surface area contributed by atoms with E-state index in [0.717, 1.165) is 0 Å². The highest BCUT2D eigenvalue weighted by Gasteiger charge is 2.14. The quantitative estimate of drug-likeness (QED) is 0.535. The highest BCUT2D eigenvalue weighted by atomic mass is 32.2. The average molecular weight is 326 g/mol. The lowest BCUT2D eigenvalue weighted by atomic mass is 10.2. The third kappa shape index (κ3) is 4.38. The lowest BCUT2D eigenvalue weighted by molar-refractivity contribution is 0.199. The van der Waals surface area contributed by atoms with E-state index >= 15 is 0 Å². The van der Waals surface area contributed by atoms with Crippen LogP contribution in [-0.2, 0) is 14.8 Å². The van der Waals surface area contributed by atoms with E-state index in [2.05, 4.69) is 10.0 Å². The molecule has 2 N–H and O–H groups in total. The van der Waals surface area contributed by atoms with E-state index < -0.39 is 15.6 Å². The summed E-state index contributed by atoms with van der Waals surface area (Å²) in [4.78, 5) is 11.2. The molecule has 8 heteroatoms. The van der Waals surface area contributed by atoms with Crippen LogP contribution in [0.2, 0.25) is 0 Å². The van der Waals surface area contributed by atoms with Gasteiger partial charge in [-0.3, -0.25) is 0 Å². The van der Waals surface area contributed by atoms with Gasteiger partial charge >= 0.3 is 5.63 Å². The molecule has 7 nitrogen and oxygen atoms in total. The summed E-state index contributed by atoms with van der Waals surface area (Å²) in [7, 11) is -1.99. The molecular formula is C14H18N2O5S. The average Bonchev–Trinajstić information content (AvgIpc) is 2.50. The van der Waals surface area contributed by atoms with E-state index in [0.29, 0.717) is 30.7 Å². The van der Waals surface area contributed by atoms with Crippen LogP contribution < -0.4 is 15.7 Å². The van der Waals surface area contributed by atoms with Crippen molar-refractivity contribution in [2.45, 2.75) is 4.90 Å². The molecule has 0 spiro atoms. The topological polar surface area (TPSA) is 97.6 Å². The highest BCUT2D eigenvalue weighted by molar-refractivity contribution is 7.89. The molecule has 0 aliphatic heterocycles. The number of fused-ring (bicyclic) bond motifs is 1. The Morgan fingerprint density at radius 2 is 1.95 bits per heavy atom. The van der Waals surface area contributed by atoms with Crippen LogP contribution in [0.25, 0.3) is 11.0 Å². The Morgan fingerprint density at radius 1 is 1.14 bits per heavy atom. The Balaban J connectivity index is 2.03. The summed E-state index contributed by atoms with van der Waals surface area (Å²) in [5.41, 5.74) is -0.115. The smallest absolute Gasteiger partial charge is 0.336 e. The van der Waals surface area contributed by atoms with Crippen LogP contribution in [0.5, 0.6) is 0 Å². The van der Waals surface area contributed by atoms with Crippen molar-refractivity contribution in [2.75, 3.05) is 33.4 Å². The number of nitrogens with one attached hydrogen (secondary N) is 2. The molecule has 2 aromatic rings. The van der Waals surface area contributed by atoms with Gasteiger partial charge in [0.05, 0.1) is 11.5 Å². The second kappa shape index (κ2) is 7.50. The number of ether oxygens (including phenoxy) is 1. The zero-order chi connectivity index (χ0) is 16.0. The first-order chi connectivity index (χ1) is 10.5. The van der Waals surface area contributed by atoms with Gasteiger partial charge in [-0.15, -0.1) is 0 Å². The van der Waals surface area contributed by atoms with Gasteiger partial charge in [0.2, 0.25) is 10.0 Å². The Bertz CT molecular complexity index is 785. The summed E-state index contributed by atoms with van der Waals surface area (Å²) >= 11 is 0. The standard InChI is InChI=1S/C14H18N2O5S/c1-20-9-8-15-6-7-16-22(18,19)12-3-4-13-11(10-12)2-5-14(17)21-13/h2-5,10,15-16H,6-9H2,1H3. The molecule has 0 saturated heterocycles. The van der Waals surface area contributed by atoms with Crippen molar-refractivity contribution in [1.29, 1.82) is 0 Å². The second-order valence-electron chi connectivity index (χ2n) is 4.59. The number of hydrogen-bond acceptors (Lipinski definition) is 6. The van der Waals surface area contributed by atoms with Crippen LogP contribution in [0.4, 0.5) is 0 Å². The third-order valence-corrected chi connectivity index (χ3v) is 4.44. The maximum absolute atomic E-state index is 12.2. The minimum absolute atomic E-state index is 0.130. The molecule has 120 valence electrons. The predicted molar refractivity (Wildman–Crippen MR) is 82.4 cm³/mol. The molecule has 1 aromatic carbocycles. The van der Waals surface area contributed by atoms with Crippen LogP contribution in [0, 0.1) is 0 Å². The van der Waals surface area contributed by atoms with Crippen LogP contribution in [0.1, 0.15) is 0 Å². The Morgan fingerprint density at radius 3 is 2.73 bits per heavy atom. The third-order valence-electron chi connectivity index (χ3n) is 2.98. The highest BCUT2D eigenvalue weighted by Crippen LogP contribution is 2.17. The first-order valence-electron chi connectivity index (χ1n) is 6.76. The van der Waals surface area contributed by atoms with Gasteiger partial charge in [-0.2, -0.15) is 0 Å². The first kappa shape index (κ1) is 16.6. The van der Waals surface area contributed by atoms with Crippen LogP contribution >= 0.6 is 0 Å². The van der Waals surface area contributed by atoms with E-state index in [4.69, 9.17) is 9.15 Å². The number of sulfonamides is 1. The van der Waals surface area contributed by atoms with E-state index in [1.165, 1.54) is 30.3 Å². The molecule has 0 aliphatic rings. The Labute approximate surface area is 128 Å². The van der Waals surface area contributed by atoms with E-state index in [1.807, 2.05) is 0 Å². The lowest BCUT2D eigenvalue weighted by Gasteiger charge is -2.08. The van der Waals surface area contributed by atoms with Crippen molar-refractivity contribution in [1.82, 2.24) is 10.0 Å². The summed E-state index contributed by atoms with van der Waals surface area (Å²) in [6.45, 7) is 2.01. The Hall–Kier alpha value is -1.74. The summed E-state index contributed by atoms with van der Waals surface area (Å²) in [6, 6.07) is 7.14. The van der Waals surface area contributed by atoms with Crippen LogP contribution in [-0.4, -0.2) is 41.8 Å². The summed E-state index contributed by atoms with van der Waals surface area (Å²) in [6.07, 6.45) is 0. The van der Waals surface area contributed by atoms with Gasteiger partial charge in [0.15, 0.2) is 0 Å². The van der Waals surface area contributed by atoms with Crippen molar-refractivity contribution in [3.05, 3.63) is 40.8 Å². The number of rotatable bonds is 8. The Kier molecular flexibility index (Phi) is 5.67. The number of benzene rings is 1. The van der Waals surface area contributed by atoms with E-state index in [-0.39, 0.29) is 11.4 Å². The molecule has 0 saturated carbocycles. The maximum Gasteiger partial charge on any atom is 0.336 e. The molecule has 1 heterocycles. The number of methoxy groups -OCH3 is 1. The van der Waals surface area contributed by atoms with Crippen molar-refractivity contribution >= 4 is 21.0 Å². The minimum atomic E-state index is -3.60. The SMILES string of the molecule is COCCNCCNS(=O)(=O)c1ccc2oc(=O)ccc2c1. The van der Waals surface area contributed by atoms with Crippen molar-refractivity contribution in [3.63, 3.8) is 0 Å². The molecule has 0 fully saturated rings. The van der Waals surface area contributed by atoms with Gasteiger partial charge in [-0.05, 0) is 24.3 Å². The fourth-order valence-corrected chi connectivity index (χ4v) is 2.94. The fraction of sp³-hybridized carbons (Fsp3) is 0.357.